The number of aromatic nitrogens is 1. The van der Waals surface area contributed by atoms with Crippen LogP contribution < -0.4 is 11.5 Å². The van der Waals surface area contributed by atoms with Crippen LogP contribution in [0.1, 0.15) is 37.8 Å². The zero-order valence-corrected chi connectivity index (χ0v) is 10.7. The van der Waals surface area contributed by atoms with Crippen LogP contribution in [-0.2, 0) is 4.74 Å². The summed E-state index contributed by atoms with van der Waals surface area (Å²) >= 11 is 5.93. The van der Waals surface area contributed by atoms with Crippen LogP contribution >= 0.6 is 11.6 Å². The second kappa shape index (κ2) is 4.80. The lowest BCUT2D eigenvalue weighted by Crippen LogP contribution is -2.43. The number of nitrogens with two attached hydrogens (primary N) is 2. The third-order valence-electron chi connectivity index (χ3n) is 3.41. The van der Waals surface area contributed by atoms with Crippen LogP contribution in [0.2, 0.25) is 5.02 Å². The summed E-state index contributed by atoms with van der Waals surface area (Å²) in [7, 11) is 0. The van der Waals surface area contributed by atoms with Crippen molar-refractivity contribution in [2.75, 3.05) is 12.3 Å². The van der Waals surface area contributed by atoms with Crippen molar-refractivity contribution in [1.29, 1.82) is 0 Å². The van der Waals surface area contributed by atoms with Crippen molar-refractivity contribution in [3.05, 3.63) is 22.8 Å². The molecule has 94 valence electrons. The summed E-state index contributed by atoms with van der Waals surface area (Å²) in [4.78, 5) is 4.04. The molecule has 1 aliphatic rings. The van der Waals surface area contributed by atoms with Crippen molar-refractivity contribution in [2.24, 2.45) is 5.73 Å². The van der Waals surface area contributed by atoms with Gasteiger partial charge in [0.15, 0.2) is 0 Å². The first-order valence-corrected chi connectivity index (χ1v) is 6.21. The molecule has 0 amide bonds. The summed E-state index contributed by atoms with van der Waals surface area (Å²) in [6, 6.07) is 1.48. The molecule has 4 N–H and O–H groups in total. The maximum atomic E-state index is 6.27. The minimum atomic E-state index is -0.376. The molecule has 0 aromatic carbocycles. The van der Waals surface area contributed by atoms with Gasteiger partial charge in [0.25, 0.3) is 0 Å². The van der Waals surface area contributed by atoms with Crippen LogP contribution in [0.5, 0.6) is 0 Å². The lowest BCUT2D eigenvalue weighted by Gasteiger charge is -2.39. The lowest BCUT2D eigenvalue weighted by molar-refractivity contribution is -0.0819. The van der Waals surface area contributed by atoms with Gasteiger partial charge in [0.1, 0.15) is 5.82 Å². The predicted molar refractivity (Wildman–Crippen MR) is 68.8 cm³/mol. The maximum Gasteiger partial charge on any atom is 0.128 e. The smallest absolute Gasteiger partial charge is 0.128 e. The predicted octanol–water partition coefficient (Wildman–Crippen LogP) is 2.28. The van der Waals surface area contributed by atoms with Gasteiger partial charge < -0.3 is 16.2 Å². The van der Waals surface area contributed by atoms with Gasteiger partial charge in [-0.25, -0.2) is 4.98 Å². The molecule has 2 rings (SSSR count). The van der Waals surface area contributed by atoms with E-state index in [-0.39, 0.29) is 11.6 Å². The molecule has 2 atom stereocenters. The second-order valence-electron chi connectivity index (χ2n) is 4.72. The summed E-state index contributed by atoms with van der Waals surface area (Å²) in [6.07, 6.45) is 4.67. The van der Waals surface area contributed by atoms with Crippen LogP contribution in [-0.4, -0.2) is 17.2 Å². The molecule has 1 aliphatic heterocycles. The number of pyridine rings is 1. The lowest BCUT2D eigenvalue weighted by atomic mass is 9.85. The fraction of sp³-hybridized carbons (Fsp3) is 0.583. The number of nitrogens with zero attached hydrogens (tertiary/aromatic N) is 1. The SMILES string of the molecule is CC1(C(N)c2cc(Cl)cnc2N)CCCCO1. The maximum absolute atomic E-state index is 6.27. The first-order chi connectivity index (χ1) is 8.03. The van der Waals surface area contributed by atoms with Crippen LogP contribution in [0, 0.1) is 0 Å². The molecule has 0 aliphatic carbocycles. The number of hydrogen-bond acceptors (Lipinski definition) is 4. The van der Waals surface area contributed by atoms with Crippen LogP contribution in [0.3, 0.4) is 0 Å². The second-order valence-corrected chi connectivity index (χ2v) is 5.16. The van der Waals surface area contributed by atoms with Gasteiger partial charge in [-0.15, -0.1) is 0 Å². The van der Waals surface area contributed by atoms with Gasteiger partial charge in [-0.2, -0.15) is 0 Å². The highest BCUT2D eigenvalue weighted by Crippen LogP contribution is 2.37. The van der Waals surface area contributed by atoms with E-state index in [4.69, 9.17) is 27.8 Å². The van der Waals surface area contributed by atoms with Crippen molar-refractivity contribution < 1.29 is 4.74 Å². The van der Waals surface area contributed by atoms with Gasteiger partial charge in [0, 0.05) is 18.4 Å². The van der Waals surface area contributed by atoms with E-state index < -0.39 is 0 Å². The number of hydrogen-bond donors (Lipinski definition) is 2. The van der Waals surface area contributed by atoms with Crippen LogP contribution in [0.25, 0.3) is 0 Å². The molecule has 0 saturated carbocycles. The van der Waals surface area contributed by atoms with Gasteiger partial charge in [0.2, 0.25) is 0 Å². The molecule has 1 saturated heterocycles. The Kier molecular flexibility index (Phi) is 3.56. The van der Waals surface area contributed by atoms with E-state index >= 15 is 0 Å². The minimum Gasteiger partial charge on any atom is -0.383 e. The monoisotopic (exact) mass is 255 g/mol. The highest BCUT2D eigenvalue weighted by molar-refractivity contribution is 6.30. The highest BCUT2D eigenvalue weighted by atomic mass is 35.5. The van der Waals surface area contributed by atoms with Gasteiger partial charge in [-0.3, -0.25) is 0 Å². The Hall–Kier alpha value is -0.840. The third-order valence-corrected chi connectivity index (χ3v) is 3.62. The molecule has 5 heteroatoms. The van der Waals surface area contributed by atoms with Crippen molar-refractivity contribution in [3.8, 4) is 0 Å². The van der Waals surface area contributed by atoms with Gasteiger partial charge in [-0.05, 0) is 32.3 Å². The molecular formula is C12H18ClN3O. The molecule has 0 bridgehead atoms. The van der Waals surface area contributed by atoms with E-state index in [2.05, 4.69) is 4.98 Å². The highest BCUT2D eigenvalue weighted by Gasteiger charge is 2.36. The fourth-order valence-electron chi connectivity index (χ4n) is 2.24. The topological polar surface area (TPSA) is 74.2 Å². The Morgan fingerprint density at radius 1 is 1.53 bits per heavy atom. The van der Waals surface area contributed by atoms with Gasteiger partial charge in [0.05, 0.1) is 16.7 Å². The van der Waals surface area contributed by atoms with E-state index in [0.29, 0.717) is 10.8 Å². The van der Waals surface area contributed by atoms with E-state index in [1.165, 1.54) is 6.20 Å². The molecule has 0 spiro atoms. The summed E-state index contributed by atoms with van der Waals surface area (Å²) in [5.74, 6) is 0.428. The van der Waals surface area contributed by atoms with Crippen molar-refractivity contribution in [2.45, 2.75) is 37.8 Å². The van der Waals surface area contributed by atoms with Crippen molar-refractivity contribution >= 4 is 17.4 Å². The first-order valence-electron chi connectivity index (χ1n) is 5.83. The van der Waals surface area contributed by atoms with Crippen molar-refractivity contribution in [1.82, 2.24) is 4.98 Å². The summed E-state index contributed by atoms with van der Waals surface area (Å²) in [5.41, 5.74) is 12.5. The first kappa shape index (κ1) is 12.6. The molecule has 2 heterocycles. The fourth-order valence-corrected chi connectivity index (χ4v) is 2.41. The molecular weight excluding hydrogens is 238 g/mol. The largest absolute Gasteiger partial charge is 0.383 e. The Labute approximate surface area is 106 Å². The standard InChI is InChI=1S/C12H18ClN3O/c1-12(4-2-3-5-17-12)10(14)9-6-8(13)7-16-11(9)15/h6-7,10H,2-5,14H2,1H3,(H2,15,16). The Morgan fingerprint density at radius 2 is 2.29 bits per heavy atom. The molecule has 0 radical (unpaired) electrons. The van der Waals surface area contributed by atoms with Crippen LogP contribution in [0.4, 0.5) is 5.82 Å². The normalized spacial score (nSPS) is 26.8. The van der Waals surface area contributed by atoms with Crippen molar-refractivity contribution in [3.63, 3.8) is 0 Å². The molecule has 1 aromatic rings. The van der Waals surface area contributed by atoms with Crippen LogP contribution in [0.15, 0.2) is 12.3 Å². The van der Waals surface area contributed by atoms with Gasteiger partial charge >= 0.3 is 0 Å². The average molecular weight is 256 g/mol. The minimum absolute atomic E-state index is 0.297. The molecule has 1 aromatic heterocycles. The zero-order chi connectivity index (χ0) is 12.5. The van der Waals surface area contributed by atoms with E-state index in [1.54, 1.807) is 6.07 Å². The third kappa shape index (κ3) is 2.54. The number of rotatable bonds is 2. The summed E-state index contributed by atoms with van der Waals surface area (Å²) in [6.45, 7) is 2.77. The summed E-state index contributed by atoms with van der Waals surface area (Å²) in [5, 5.41) is 0.545. The Morgan fingerprint density at radius 3 is 2.94 bits per heavy atom. The number of halogens is 1. The average Bonchev–Trinajstić information content (AvgIpc) is 2.32. The molecule has 1 fully saturated rings. The number of anilines is 1. The number of nitrogen functional groups attached to an aromatic ring is 1. The molecule has 2 unspecified atom stereocenters. The quantitative estimate of drug-likeness (QED) is 0.850. The summed E-state index contributed by atoms with van der Waals surface area (Å²) < 4.78 is 5.83. The van der Waals surface area contributed by atoms with E-state index in [9.17, 15) is 0 Å². The van der Waals surface area contributed by atoms with Gasteiger partial charge in [-0.1, -0.05) is 11.6 Å². The molecule has 4 nitrogen and oxygen atoms in total. The Balaban J connectivity index is 2.29. The zero-order valence-electron chi connectivity index (χ0n) is 9.95. The number of ether oxygens (including phenoxy) is 1. The molecule has 17 heavy (non-hydrogen) atoms. The van der Waals surface area contributed by atoms with E-state index in [1.807, 2.05) is 6.92 Å². The van der Waals surface area contributed by atoms with E-state index in [0.717, 1.165) is 31.4 Å². The Bertz CT molecular complexity index is 405.